The molecule has 1 heterocycles. The average Bonchev–Trinajstić information content (AvgIpc) is 2.76. The second-order valence-electron chi connectivity index (χ2n) is 4.72. The Morgan fingerprint density at radius 2 is 2.24 bits per heavy atom. The minimum atomic E-state index is -0.377. The van der Waals surface area contributed by atoms with Gasteiger partial charge in [-0.05, 0) is 28.9 Å². The number of nitrogens with zero attached hydrogens (tertiary/aromatic N) is 3. The number of imidazole rings is 1. The lowest BCUT2D eigenvalue weighted by atomic mass is 10.3. The summed E-state index contributed by atoms with van der Waals surface area (Å²) in [5, 5.41) is 0. The first-order chi connectivity index (χ1) is 9.97. The molecule has 2 rings (SSSR count). The van der Waals surface area contributed by atoms with E-state index in [0.29, 0.717) is 40.2 Å². The standard InChI is InChI=1S/C14H16BrClFN3O/c1-3-19(2)14(21)8-20-12-7-10(17)9(15)6-11(12)18-13(20)4-5-16/h6-7H,3-5,8H2,1-2H3. The van der Waals surface area contributed by atoms with Gasteiger partial charge in [0.25, 0.3) is 0 Å². The van der Waals surface area contributed by atoms with E-state index in [1.807, 2.05) is 6.92 Å². The Labute approximate surface area is 136 Å². The van der Waals surface area contributed by atoms with Crippen molar-refractivity contribution in [3.05, 3.63) is 28.2 Å². The number of carbonyl (C=O) groups is 1. The van der Waals surface area contributed by atoms with Crippen molar-refractivity contribution in [3.63, 3.8) is 0 Å². The lowest BCUT2D eigenvalue weighted by molar-refractivity contribution is -0.130. The maximum atomic E-state index is 13.8. The highest BCUT2D eigenvalue weighted by Gasteiger charge is 2.17. The molecule has 7 heteroatoms. The van der Waals surface area contributed by atoms with Crippen LogP contribution in [-0.2, 0) is 17.8 Å². The smallest absolute Gasteiger partial charge is 0.242 e. The van der Waals surface area contributed by atoms with Crippen LogP contribution in [0.4, 0.5) is 4.39 Å². The van der Waals surface area contributed by atoms with Gasteiger partial charge in [0.2, 0.25) is 5.91 Å². The number of halogens is 3. The molecule has 0 N–H and O–H groups in total. The van der Waals surface area contributed by atoms with E-state index < -0.39 is 0 Å². The van der Waals surface area contributed by atoms with Gasteiger partial charge in [-0.3, -0.25) is 4.79 Å². The van der Waals surface area contributed by atoms with Gasteiger partial charge in [0.15, 0.2) is 0 Å². The molecule has 1 amide bonds. The molecule has 114 valence electrons. The van der Waals surface area contributed by atoms with Crippen molar-refractivity contribution in [2.75, 3.05) is 19.5 Å². The quantitative estimate of drug-likeness (QED) is 0.752. The molecule has 0 aliphatic heterocycles. The molecular weight excluding hydrogens is 361 g/mol. The number of hydrogen-bond donors (Lipinski definition) is 0. The maximum absolute atomic E-state index is 13.8. The predicted molar refractivity (Wildman–Crippen MR) is 85.1 cm³/mol. The van der Waals surface area contributed by atoms with Crippen molar-refractivity contribution in [2.45, 2.75) is 19.9 Å². The molecule has 0 atom stereocenters. The third-order valence-corrected chi connectivity index (χ3v) is 4.18. The van der Waals surface area contributed by atoms with E-state index in [1.54, 1.807) is 22.6 Å². The number of carbonyl (C=O) groups excluding carboxylic acids is 1. The number of rotatable bonds is 5. The molecule has 2 aromatic rings. The van der Waals surface area contributed by atoms with Crippen LogP contribution in [0.25, 0.3) is 11.0 Å². The summed E-state index contributed by atoms with van der Waals surface area (Å²) in [6.45, 7) is 2.66. The van der Waals surface area contributed by atoms with Crippen molar-refractivity contribution in [2.24, 2.45) is 0 Å². The molecule has 0 unspecified atom stereocenters. The Hall–Kier alpha value is -1.14. The molecule has 0 radical (unpaired) electrons. The average molecular weight is 377 g/mol. The van der Waals surface area contributed by atoms with Crippen LogP contribution in [-0.4, -0.2) is 39.8 Å². The van der Waals surface area contributed by atoms with Crippen molar-refractivity contribution >= 4 is 44.5 Å². The number of likely N-dealkylation sites (N-methyl/N-ethyl adjacent to an activating group) is 1. The normalized spacial score (nSPS) is 11.1. The van der Waals surface area contributed by atoms with E-state index in [4.69, 9.17) is 11.6 Å². The Bertz CT molecular complexity index is 674. The van der Waals surface area contributed by atoms with Gasteiger partial charge in [0.1, 0.15) is 18.2 Å². The number of amides is 1. The van der Waals surface area contributed by atoms with Crippen LogP contribution < -0.4 is 0 Å². The van der Waals surface area contributed by atoms with Gasteiger partial charge < -0.3 is 9.47 Å². The van der Waals surface area contributed by atoms with Crippen molar-refractivity contribution in [1.29, 1.82) is 0 Å². The SMILES string of the molecule is CCN(C)C(=O)Cn1c(CCCl)nc2cc(Br)c(F)cc21. The molecule has 4 nitrogen and oxygen atoms in total. The third kappa shape index (κ3) is 3.37. The number of hydrogen-bond acceptors (Lipinski definition) is 2. The summed E-state index contributed by atoms with van der Waals surface area (Å²) in [6.07, 6.45) is 0.526. The van der Waals surface area contributed by atoms with Crippen LogP contribution >= 0.6 is 27.5 Å². The fraction of sp³-hybridized carbons (Fsp3) is 0.429. The number of alkyl halides is 1. The van der Waals surface area contributed by atoms with E-state index in [2.05, 4.69) is 20.9 Å². The van der Waals surface area contributed by atoms with Gasteiger partial charge in [-0.25, -0.2) is 9.37 Å². The Morgan fingerprint density at radius 1 is 1.52 bits per heavy atom. The van der Waals surface area contributed by atoms with E-state index >= 15 is 0 Å². The molecule has 0 saturated carbocycles. The summed E-state index contributed by atoms with van der Waals surface area (Å²) in [6, 6.07) is 3.01. The largest absolute Gasteiger partial charge is 0.344 e. The monoisotopic (exact) mass is 375 g/mol. The lowest BCUT2D eigenvalue weighted by Crippen LogP contribution is -2.30. The van der Waals surface area contributed by atoms with Crippen molar-refractivity contribution < 1.29 is 9.18 Å². The van der Waals surface area contributed by atoms with Crippen molar-refractivity contribution in [1.82, 2.24) is 14.5 Å². The Balaban J connectivity index is 2.50. The van der Waals surface area contributed by atoms with Gasteiger partial charge >= 0.3 is 0 Å². The summed E-state index contributed by atoms with van der Waals surface area (Å²) >= 11 is 8.94. The Morgan fingerprint density at radius 3 is 2.86 bits per heavy atom. The molecule has 0 aliphatic rings. The van der Waals surface area contributed by atoms with Crippen LogP contribution in [0.3, 0.4) is 0 Å². The van der Waals surface area contributed by atoms with Gasteiger partial charge in [-0.2, -0.15) is 0 Å². The second-order valence-corrected chi connectivity index (χ2v) is 5.95. The maximum Gasteiger partial charge on any atom is 0.242 e. The topological polar surface area (TPSA) is 38.1 Å². The van der Waals surface area contributed by atoms with Gasteiger partial charge in [0, 0.05) is 32.0 Å². The highest BCUT2D eigenvalue weighted by Crippen LogP contribution is 2.24. The van der Waals surface area contributed by atoms with Gasteiger partial charge in [0.05, 0.1) is 15.5 Å². The van der Waals surface area contributed by atoms with Crippen LogP contribution in [0, 0.1) is 5.82 Å². The summed E-state index contributed by atoms with van der Waals surface area (Å²) in [5.41, 5.74) is 1.25. The minimum absolute atomic E-state index is 0.0454. The zero-order valence-electron chi connectivity index (χ0n) is 11.9. The molecule has 0 bridgehead atoms. The van der Waals surface area contributed by atoms with E-state index in [-0.39, 0.29) is 18.3 Å². The first kappa shape index (κ1) is 16.2. The number of fused-ring (bicyclic) bond motifs is 1. The van der Waals surface area contributed by atoms with E-state index in [9.17, 15) is 9.18 Å². The number of benzene rings is 1. The Kier molecular flexibility index (Phi) is 5.22. The molecule has 1 aromatic heterocycles. The fourth-order valence-corrected chi connectivity index (χ4v) is 2.55. The van der Waals surface area contributed by atoms with Crippen molar-refractivity contribution in [3.8, 4) is 0 Å². The summed E-state index contributed by atoms with van der Waals surface area (Å²) in [4.78, 5) is 18.2. The van der Waals surface area contributed by atoms with E-state index in [0.717, 1.165) is 0 Å². The lowest BCUT2D eigenvalue weighted by Gasteiger charge is -2.16. The predicted octanol–water partition coefficient (Wildman–Crippen LogP) is 3.20. The number of aromatic nitrogens is 2. The zero-order valence-corrected chi connectivity index (χ0v) is 14.2. The molecule has 1 aromatic carbocycles. The minimum Gasteiger partial charge on any atom is -0.344 e. The molecule has 0 fully saturated rings. The number of aryl methyl sites for hydroxylation is 1. The summed E-state index contributed by atoms with van der Waals surface area (Å²) in [7, 11) is 1.74. The van der Waals surface area contributed by atoms with Crippen LogP contribution in [0.15, 0.2) is 16.6 Å². The van der Waals surface area contributed by atoms with Gasteiger partial charge in [-0.1, -0.05) is 0 Å². The molecular formula is C14H16BrClFN3O. The zero-order chi connectivity index (χ0) is 15.6. The third-order valence-electron chi connectivity index (χ3n) is 3.38. The van der Waals surface area contributed by atoms with Gasteiger partial charge in [-0.15, -0.1) is 11.6 Å². The van der Waals surface area contributed by atoms with E-state index in [1.165, 1.54) is 6.07 Å². The van der Waals surface area contributed by atoms with Crippen LogP contribution in [0.2, 0.25) is 0 Å². The van der Waals surface area contributed by atoms with Crippen LogP contribution in [0.5, 0.6) is 0 Å². The summed E-state index contributed by atoms with van der Waals surface area (Å²) in [5.74, 6) is 0.661. The fourth-order valence-electron chi connectivity index (χ4n) is 2.05. The van der Waals surface area contributed by atoms with Crippen LogP contribution in [0.1, 0.15) is 12.7 Å². The highest BCUT2D eigenvalue weighted by atomic mass is 79.9. The summed E-state index contributed by atoms with van der Waals surface area (Å²) < 4.78 is 15.9. The molecule has 0 aliphatic carbocycles. The highest BCUT2D eigenvalue weighted by molar-refractivity contribution is 9.10. The second kappa shape index (κ2) is 6.75. The first-order valence-corrected chi connectivity index (χ1v) is 7.94. The molecule has 21 heavy (non-hydrogen) atoms. The molecule has 0 spiro atoms. The molecule has 0 saturated heterocycles. The first-order valence-electron chi connectivity index (χ1n) is 6.62.